The van der Waals surface area contributed by atoms with Crippen LogP contribution in [0.2, 0.25) is 0 Å². The van der Waals surface area contributed by atoms with Gasteiger partial charge in [0, 0.05) is 13.7 Å². The highest BCUT2D eigenvalue weighted by molar-refractivity contribution is 5.01. The van der Waals surface area contributed by atoms with Crippen LogP contribution in [0.4, 0.5) is 0 Å². The van der Waals surface area contributed by atoms with E-state index in [1.807, 2.05) is 7.11 Å². The average molecular weight is 307 g/mol. The molecular weight excluding hydrogens is 268 g/mol. The van der Waals surface area contributed by atoms with Gasteiger partial charge in [0.1, 0.15) is 0 Å². The molecule has 0 aromatic carbocycles. The fourth-order valence-electron chi connectivity index (χ4n) is 6.86. The van der Waals surface area contributed by atoms with Gasteiger partial charge in [-0.2, -0.15) is 0 Å². The van der Waals surface area contributed by atoms with Crippen molar-refractivity contribution in [2.24, 2.45) is 40.4 Å². The average Bonchev–Trinajstić information content (AvgIpc) is 2.44. The van der Waals surface area contributed by atoms with E-state index in [2.05, 4.69) is 27.7 Å². The molecule has 6 atom stereocenters. The largest absolute Gasteiger partial charge is 0.384 e. The molecule has 1 heteroatoms. The van der Waals surface area contributed by atoms with Crippen molar-refractivity contribution in [1.29, 1.82) is 0 Å². The quantitative estimate of drug-likeness (QED) is 0.614. The summed E-state index contributed by atoms with van der Waals surface area (Å²) in [6, 6.07) is 0. The highest BCUT2D eigenvalue weighted by atomic mass is 16.5. The van der Waals surface area contributed by atoms with Gasteiger partial charge in [0.2, 0.25) is 0 Å². The molecule has 0 spiro atoms. The number of methoxy groups -OCH3 is 1. The molecule has 0 saturated heterocycles. The molecule has 0 radical (unpaired) electrons. The van der Waals surface area contributed by atoms with Gasteiger partial charge >= 0.3 is 0 Å². The minimum Gasteiger partial charge on any atom is -0.384 e. The van der Waals surface area contributed by atoms with Crippen molar-refractivity contribution in [3.05, 3.63) is 0 Å². The Labute approximate surface area is 138 Å². The zero-order chi connectivity index (χ0) is 16.0. The Morgan fingerprint density at radius 3 is 2.45 bits per heavy atom. The molecular formula is C21H38O. The first-order valence-corrected chi connectivity index (χ1v) is 9.87. The first-order chi connectivity index (χ1) is 10.4. The normalized spacial score (nSPS) is 48.1. The Kier molecular flexibility index (Phi) is 4.67. The number of rotatable bonds is 2. The maximum atomic E-state index is 5.59. The number of ether oxygens (including phenoxy) is 1. The van der Waals surface area contributed by atoms with Crippen molar-refractivity contribution in [3.63, 3.8) is 0 Å². The molecule has 3 saturated carbocycles. The van der Waals surface area contributed by atoms with Crippen molar-refractivity contribution >= 4 is 0 Å². The molecule has 22 heavy (non-hydrogen) atoms. The predicted molar refractivity (Wildman–Crippen MR) is 93.8 cm³/mol. The Balaban J connectivity index is 1.87. The van der Waals surface area contributed by atoms with E-state index >= 15 is 0 Å². The molecule has 0 amide bonds. The van der Waals surface area contributed by atoms with E-state index in [1.165, 1.54) is 51.4 Å². The lowest BCUT2D eigenvalue weighted by atomic mass is 9.48. The van der Waals surface area contributed by atoms with Crippen LogP contribution in [0, 0.1) is 40.4 Å². The van der Waals surface area contributed by atoms with Gasteiger partial charge in [-0.05, 0) is 78.9 Å². The molecule has 0 aliphatic heterocycles. The van der Waals surface area contributed by atoms with Crippen molar-refractivity contribution in [2.75, 3.05) is 13.7 Å². The number of hydrogen-bond donors (Lipinski definition) is 0. The summed E-state index contributed by atoms with van der Waals surface area (Å²) in [5, 5.41) is 0. The summed E-state index contributed by atoms with van der Waals surface area (Å²) in [6.07, 6.45) is 11.7. The maximum Gasteiger partial charge on any atom is 0.0493 e. The fourth-order valence-corrected chi connectivity index (χ4v) is 6.86. The first kappa shape index (κ1) is 16.8. The van der Waals surface area contributed by atoms with Crippen molar-refractivity contribution in [2.45, 2.75) is 79.1 Å². The third kappa shape index (κ3) is 2.76. The molecule has 3 aliphatic carbocycles. The zero-order valence-corrected chi connectivity index (χ0v) is 15.7. The molecule has 2 bridgehead atoms. The van der Waals surface area contributed by atoms with Crippen LogP contribution in [0.1, 0.15) is 79.1 Å². The summed E-state index contributed by atoms with van der Waals surface area (Å²) in [5.41, 5.74) is 1.14. The summed E-state index contributed by atoms with van der Waals surface area (Å²) < 4.78 is 5.59. The second-order valence-corrected chi connectivity index (χ2v) is 9.82. The van der Waals surface area contributed by atoms with Gasteiger partial charge in [-0.25, -0.2) is 0 Å². The summed E-state index contributed by atoms with van der Waals surface area (Å²) in [5.74, 6) is 4.54. The zero-order valence-electron chi connectivity index (χ0n) is 15.7. The summed E-state index contributed by atoms with van der Waals surface area (Å²) in [4.78, 5) is 0. The van der Waals surface area contributed by atoms with Crippen LogP contribution in [0.25, 0.3) is 0 Å². The van der Waals surface area contributed by atoms with Crippen LogP contribution in [-0.4, -0.2) is 13.7 Å². The van der Waals surface area contributed by atoms with Gasteiger partial charge in [0.05, 0.1) is 0 Å². The molecule has 3 fully saturated rings. The van der Waals surface area contributed by atoms with E-state index < -0.39 is 0 Å². The monoisotopic (exact) mass is 306 g/mol. The lowest BCUT2D eigenvalue weighted by molar-refractivity contribution is -0.0844. The lowest BCUT2D eigenvalue weighted by Gasteiger charge is -2.57. The standard InChI is InChI=1S/C21H38O/c1-15-7-6-11-21(4)12-10-18-16(14-22-5)8-9-17(13-19(15)21)20(18,2)3/h15-19H,6-14H2,1-5H3/t15-,16+,17+,18+,19-,21+/m1/s1. The molecule has 0 N–H and O–H groups in total. The number of fused-ring (bicyclic) bond motifs is 3. The highest BCUT2D eigenvalue weighted by Crippen LogP contribution is 2.60. The van der Waals surface area contributed by atoms with Crippen molar-refractivity contribution in [3.8, 4) is 0 Å². The Morgan fingerprint density at radius 1 is 0.955 bits per heavy atom. The Bertz CT molecular complexity index is 387. The topological polar surface area (TPSA) is 9.23 Å². The third-order valence-corrected chi connectivity index (χ3v) is 8.40. The molecule has 1 nitrogen and oxygen atoms in total. The van der Waals surface area contributed by atoms with Crippen LogP contribution >= 0.6 is 0 Å². The maximum absolute atomic E-state index is 5.59. The minimum atomic E-state index is 0.514. The van der Waals surface area contributed by atoms with Crippen LogP contribution in [0.3, 0.4) is 0 Å². The lowest BCUT2D eigenvalue weighted by Crippen LogP contribution is -2.49. The van der Waals surface area contributed by atoms with Gasteiger partial charge in [0.25, 0.3) is 0 Å². The molecule has 0 heterocycles. The van der Waals surface area contributed by atoms with Gasteiger partial charge in [-0.15, -0.1) is 0 Å². The minimum absolute atomic E-state index is 0.514. The summed E-state index contributed by atoms with van der Waals surface area (Å²) in [6.45, 7) is 11.3. The second kappa shape index (κ2) is 6.11. The van der Waals surface area contributed by atoms with Crippen molar-refractivity contribution in [1.82, 2.24) is 0 Å². The molecule has 128 valence electrons. The molecule has 3 rings (SSSR count). The van der Waals surface area contributed by atoms with E-state index in [0.717, 1.165) is 36.2 Å². The molecule has 0 unspecified atom stereocenters. The number of hydrogen-bond acceptors (Lipinski definition) is 1. The summed E-state index contributed by atoms with van der Waals surface area (Å²) >= 11 is 0. The molecule has 0 aromatic heterocycles. The van der Waals surface area contributed by atoms with E-state index in [4.69, 9.17) is 4.74 Å². The van der Waals surface area contributed by atoms with Crippen LogP contribution in [0.15, 0.2) is 0 Å². The SMILES string of the molecule is COC[C@@H]1CC[C@H]2C[C@@H]3[C@H](C)CCC[C@@]3(C)CC[C@@H]1C2(C)C. The van der Waals surface area contributed by atoms with Crippen molar-refractivity contribution < 1.29 is 4.74 Å². The second-order valence-electron chi connectivity index (χ2n) is 9.82. The highest BCUT2D eigenvalue weighted by Gasteiger charge is 2.51. The fraction of sp³-hybridized carbons (Fsp3) is 1.00. The van der Waals surface area contributed by atoms with Gasteiger partial charge in [-0.1, -0.05) is 40.5 Å². The Morgan fingerprint density at radius 2 is 1.73 bits per heavy atom. The van der Waals surface area contributed by atoms with Gasteiger partial charge < -0.3 is 4.74 Å². The first-order valence-electron chi connectivity index (χ1n) is 9.87. The van der Waals surface area contributed by atoms with E-state index in [1.54, 1.807) is 0 Å². The van der Waals surface area contributed by atoms with E-state index in [-0.39, 0.29) is 0 Å². The third-order valence-electron chi connectivity index (χ3n) is 8.40. The molecule has 3 aliphatic rings. The smallest absolute Gasteiger partial charge is 0.0493 e. The van der Waals surface area contributed by atoms with E-state index in [0.29, 0.717) is 10.8 Å². The van der Waals surface area contributed by atoms with Gasteiger partial charge in [-0.3, -0.25) is 0 Å². The predicted octanol–water partition coefficient (Wildman–Crippen LogP) is 5.93. The molecule has 0 aromatic rings. The Hall–Kier alpha value is -0.0400. The van der Waals surface area contributed by atoms with Crippen LogP contribution in [-0.2, 0) is 4.74 Å². The van der Waals surface area contributed by atoms with Gasteiger partial charge in [0.15, 0.2) is 0 Å². The van der Waals surface area contributed by atoms with E-state index in [9.17, 15) is 0 Å². The summed E-state index contributed by atoms with van der Waals surface area (Å²) in [7, 11) is 1.89. The van der Waals surface area contributed by atoms with Crippen LogP contribution < -0.4 is 0 Å². The van der Waals surface area contributed by atoms with Crippen LogP contribution in [0.5, 0.6) is 0 Å².